The molecule has 0 aliphatic rings. The molecule has 0 fully saturated rings. The van der Waals surface area contributed by atoms with Gasteiger partial charge >= 0.3 is 0 Å². The maximum atomic E-state index is 3.68. The van der Waals surface area contributed by atoms with Crippen LogP contribution >= 0.6 is 0 Å². The van der Waals surface area contributed by atoms with Crippen molar-refractivity contribution in [3.05, 3.63) is 34.9 Å². The average molecular weight is 275 g/mol. The van der Waals surface area contributed by atoms with Gasteiger partial charge in [-0.15, -0.1) is 0 Å². The van der Waals surface area contributed by atoms with Gasteiger partial charge in [-0.05, 0) is 56.3 Å². The van der Waals surface area contributed by atoms with Crippen molar-refractivity contribution in [2.24, 2.45) is 0 Å². The van der Waals surface area contributed by atoms with Gasteiger partial charge in [-0.25, -0.2) is 0 Å². The van der Waals surface area contributed by atoms with E-state index in [1.54, 1.807) is 0 Å². The second-order valence-corrected chi connectivity index (χ2v) is 6.26. The molecule has 1 heteroatoms. The summed E-state index contributed by atoms with van der Waals surface area (Å²) in [5.41, 5.74) is 4.68. The third kappa shape index (κ3) is 4.34. The first-order chi connectivity index (χ1) is 9.59. The summed E-state index contributed by atoms with van der Waals surface area (Å²) < 4.78 is 0. The fourth-order valence-electron chi connectivity index (χ4n) is 3.23. The Morgan fingerprint density at radius 3 is 2.05 bits per heavy atom. The first kappa shape index (κ1) is 17.2. The van der Waals surface area contributed by atoms with Crippen LogP contribution in [0.15, 0.2) is 18.2 Å². The Hall–Kier alpha value is -0.820. The second-order valence-electron chi connectivity index (χ2n) is 6.26. The van der Waals surface area contributed by atoms with E-state index in [1.807, 2.05) is 0 Å². The minimum atomic E-state index is 0.317. The van der Waals surface area contributed by atoms with Gasteiger partial charge in [0.2, 0.25) is 0 Å². The van der Waals surface area contributed by atoms with E-state index in [4.69, 9.17) is 0 Å². The van der Waals surface area contributed by atoms with E-state index in [1.165, 1.54) is 48.8 Å². The molecular formula is C19H33N. The lowest BCUT2D eigenvalue weighted by Crippen LogP contribution is -2.38. The largest absolute Gasteiger partial charge is 0.316 e. The molecule has 1 aromatic rings. The molecule has 0 saturated heterocycles. The molecule has 114 valence electrons. The van der Waals surface area contributed by atoms with E-state index in [9.17, 15) is 0 Å². The summed E-state index contributed by atoms with van der Waals surface area (Å²) in [6, 6.07) is 7.08. The normalized spacial score (nSPS) is 11.8. The molecule has 0 atom stereocenters. The van der Waals surface area contributed by atoms with Crippen molar-refractivity contribution in [2.75, 3.05) is 13.1 Å². The molecule has 0 saturated carbocycles. The highest BCUT2D eigenvalue weighted by Gasteiger charge is 2.30. The third-order valence-corrected chi connectivity index (χ3v) is 4.47. The van der Waals surface area contributed by atoms with Crippen molar-refractivity contribution in [2.45, 2.75) is 72.1 Å². The van der Waals surface area contributed by atoms with Crippen LogP contribution in [0.5, 0.6) is 0 Å². The molecular weight excluding hydrogens is 242 g/mol. The molecule has 0 heterocycles. The fraction of sp³-hybridized carbons (Fsp3) is 0.684. The van der Waals surface area contributed by atoms with Gasteiger partial charge in [-0.3, -0.25) is 0 Å². The van der Waals surface area contributed by atoms with Crippen molar-refractivity contribution >= 4 is 0 Å². The smallest absolute Gasteiger partial charge is 0.00776 e. The summed E-state index contributed by atoms with van der Waals surface area (Å²) in [5.74, 6) is 0. The molecule has 0 spiro atoms. The molecule has 1 rings (SSSR count). The van der Waals surface area contributed by atoms with Gasteiger partial charge in [0.25, 0.3) is 0 Å². The van der Waals surface area contributed by atoms with Crippen LogP contribution in [-0.2, 0) is 5.41 Å². The van der Waals surface area contributed by atoms with Gasteiger partial charge in [-0.2, -0.15) is 0 Å². The zero-order valence-corrected chi connectivity index (χ0v) is 14.2. The van der Waals surface area contributed by atoms with Crippen LogP contribution in [0.4, 0.5) is 0 Å². The fourth-order valence-corrected chi connectivity index (χ4v) is 3.23. The summed E-state index contributed by atoms with van der Waals surface area (Å²) >= 11 is 0. The Morgan fingerprint density at radius 2 is 1.55 bits per heavy atom. The highest BCUT2D eigenvalue weighted by molar-refractivity contribution is 5.35. The average Bonchev–Trinajstić information content (AvgIpc) is 2.42. The van der Waals surface area contributed by atoms with E-state index in [-0.39, 0.29) is 0 Å². The lowest BCUT2D eigenvalue weighted by molar-refractivity contribution is 0.335. The Bertz CT molecular complexity index is 389. The van der Waals surface area contributed by atoms with E-state index in [0.29, 0.717) is 5.41 Å². The van der Waals surface area contributed by atoms with Gasteiger partial charge in [0, 0.05) is 12.0 Å². The zero-order valence-electron chi connectivity index (χ0n) is 14.2. The van der Waals surface area contributed by atoms with Gasteiger partial charge in [0.1, 0.15) is 0 Å². The van der Waals surface area contributed by atoms with Crippen molar-refractivity contribution < 1.29 is 0 Å². The standard InChI is InChI=1S/C19H33N/c1-6-11-19(12-7-2,15-20-13-8-3)18-10-9-16(4)17(5)14-18/h9-10,14,20H,6-8,11-13,15H2,1-5H3. The van der Waals surface area contributed by atoms with Crippen LogP contribution in [0.2, 0.25) is 0 Å². The summed E-state index contributed by atoms with van der Waals surface area (Å²) in [7, 11) is 0. The lowest BCUT2D eigenvalue weighted by atomic mass is 9.72. The molecule has 0 bridgehead atoms. The van der Waals surface area contributed by atoms with Crippen LogP contribution in [0.25, 0.3) is 0 Å². The molecule has 0 unspecified atom stereocenters. The molecule has 1 N–H and O–H groups in total. The third-order valence-electron chi connectivity index (χ3n) is 4.47. The zero-order chi connectivity index (χ0) is 15.0. The summed E-state index contributed by atoms with van der Waals surface area (Å²) in [6.45, 7) is 13.5. The van der Waals surface area contributed by atoms with Crippen molar-refractivity contribution in [3.63, 3.8) is 0 Å². The molecule has 0 aliphatic heterocycles. The van der Waals surface area contributed by atoms with Crippen LogP contribution in [0, 0.1) is 13.8 Å². The minimum absolute atomic E-state index is 0.317. The van der Waals surface area contributed by atoms with E-state index >= 15 is 0 Å². The second kappa shape index (κ2) is 8.46. The number of rotatable bonds is 9. The van der Waals surface area contributed by atoms with Gasteiger partial charge < -0.3 is 5.32 Å². The molecule has 1 nitrogen and oxygen atoms in total. The maximum absolute atomic E-state index is 3.68. The molecule has 1 aromatic carbocycles. The number of hydrogen-bond donors (Lipinski definition) is 1. The molecule has 0 aliphatic carbocycles. The van der Waals surface area contributed by atoms with Crippen LogP contribution in [0.3, 0.4) is 0 Å². The number of aryl methyl sites for hydroxylation is 2. The van der Waals surface area contributed by atoms with Gasteiger partial charge in [0.05, 0.1) is 0 Å². The first-order valence-electron chi connectivity index (χ1n) is 8.38. The Labute approximate surface area is 126 Å². The van der Waals surface area contributed by atoms with E-state index in [2.05, 4.69) is 58.1 Å². The maximum Gasteiger partial charge on any atom is 0.00776 e. The van der Waals surface area contributed by atoms with Gasteiger partial charge in [0.15, 0.2) is 0 Å². The number of benzene rings is 1. The number of nitrogens with one attached hydrogen (secondary N) is 1. The first-order valence-corrected chi connectivity index (χ1v) is 8.38. The van der Waals surface area contributed by atoms with E-state index in [0.717, 1.165) is 13.1 Å². The van der Waals surface area contributed by atoms with Crippen molar-refractivity contribution in [1.82, 2.24) is 5.32 Å². The van der Waals surface area contributed by atoms with Crippen LogP contribution in [0.1, 0.15) is 69.6 Å². The van der Waals surface area contributed by atoms with Crippen LogP contribution in [-0.4, -0.2) is 13.1 Å². The minimum Gasteiger partial charge on any atom is -0.316 e. The van der Waals surface area contributed by atoms with Gasteiger partial charge in [-0.1, -0.05) is 51.8 Å². The Morgan fingerprint density at radius 1 is 0.900 bits per heavy atom. The Balaban J connectivity index is 3.07. The monoisotopic (exact) mass is 275 g/mol. The van der Waals surface area contributed by atoms with Crippen molar-refractivity contribution in [1.29, 1.82) is 0 Å². The highest BCUT2D eigenvalue weighted by Crippen LogP contribution is 2.35. The summed E-state index contributed by atoms with van der Waals surface area (Å²) in [4.78, 5) is 0. The molecule has 0 aromatic heterocycles. The van der Waals surface area contributed by atoms with Crippen molar-refractivity contribution in [3.8, 4) is 0 Å². The summed E-state index contributed by atoms with van der Waals surface area (Å²) in [6.07, 6.45) is 6.27. The molecule has 0 amide bonds. The lowest BCUT2D eigenvalue weighted by Gasteiger charge is -2.35. The molecule has 0 radical (unpaired) electrons. The van der Waals surface area contributed by atoms with Crippen LogP contribution < -0.4 is 5.32 Å². The summed E-state index contributed by atoms with van der Waals surface area (Å²) in [5, 5.41) is 3.68. The Kier molecular flexibility index (Phi) is 7.29. The predicted octanol–water partition coefficient (Wildman–Crippen LogP) is 5.14. The molecule has 20 heavy (non-hydrogen) atoms. The topological polar surface area (TPSA) is 12.0 Å². The number of hydrogen-bond acceptors (Lipinski definition) is 1. The SMILES string of the molecule is CCCNCC(CCC)(CCC)c1ccc(C)c(C)c1. The highest BCUT2D eigenvalue weighted by atomic mass is 14.9. The quantitative estimate of drug-likeness (QED) is 0.615. The van der Waals surface area contributed by atoms with E-state index < -0.39 is 0 Å². The predicted molar refractivity (Wildman–Crippen MR) is 90.6 cm³/mol.